The number of hydrogen-bond acceptors (Lipinski definition) is 4. The number of nitrogens with zero attached hydrogens (tertiary/aromatic N) is 2. The second-order valence-corrected chi connectivity index (χ2v) is 4.34. The third-order valence-corrected chi connectivity index (χ3v) is 3.00. The van der Waals surface area contributed by atoms with E-state index in [1.807, 2.05) is 6.92 Å². The maximum atomic E-state index is 8.87. The third kappa shape index (κ3) is 2.05. The SMILES string of the molecule is CC(C)[C@@H]1C/C(=N/O)[C@@H](C)C/C1=N/O. The fraction of sp³-hybridized carbons (Fsp3) is 0.800. The second kappa shape index (κ2) is 4.44. The van der Waals surface area contributed by atoms with Gasteiger partial charge >= 0.3 is 0 Å². The maximum absolute atomic E-state index is 8.87. The molecule has 0 amide bonds. The molecule has 0 aliphatic heterocycles. The minimum Gasteiger partial charge on any atom is -0.411 e. The van der Waals surface area contributed by atoms with E-state index >= 15 is 0 Å². The first-order valence-corrected chi connectivity index (χ1v) is 5.01. The van der Waals surface area contributed by atoms with Crippen LogP contribution >= 0.6 is 0 Å². The molecule has 4 nitrogen and oxygen atoms in total. The molecule has 1 aliphatic carbocycles. The normalized spacial score (nSPS) is 34.3. The predicted octanol–water partition coefficient (Wildman–Crippen LogP) is 2.35. The lowest BCUT2D eigenvalue weighted by Crippen LogP contribution is -2.34. The first kappa shape index (κ1) is 11.0. The molecule has 80 valence electrons. The molecule has 0 radical (unpaired) electrons. The van der Waals surface area contributed by atoms with E-state index in [1.54, 1.807) is 0 Å². The molecule has 2 atom stereocenters. The highest BCUT2D eigenvalue weighted by molar-refractivity contribution is 6.00. The van der Waals surface area contributed by atoms with Gasteiger partial charge in [-0.2, -0.15) is 0 Å². The van der Waals surface area contributed by atoms with Crippen molar-refractivity contribution in [2.45, 2.75) is 33.6 Å². The summed E-state index contributed by atoms with van der Waals surface area (Å²) in [5, 5.41) is 24.3. The topological polar surface area (TPSA) is 65.2 Å². The van der Waals surface area contributed by atoms with Gasteiger partial charge in [0.25, 0.3) is 0 Å². The zero-order valence-electron chi connectivity index (χ0n) is 8.94. The molecule has 1 rings (SSSR count). The number of oxime groups is 2. The van der Waals surface area contributed by atoms with Crippen molar-refractivity contribution in [2.24, 2.45) is 28.1 Å². The van der Waals surface area contributed by atoms with E-state index in [0.29, 0.717) is 18.8 Å². The molecule has 0 bridgehead atoms. The molecule has 4 heteroatoms. The maximum Gasteiger partial charge on any atom is 0.0614 e. The van der Waals surface area contributed by atoms with E-state index in [0.717, 1.165) is 11.4 Å². The van der Waals surface area contributed by atoms with Gasteiger partial charge in [-0.3, -0.25) is 0 Å². The van der Waals surface area contributed by atoms with Gasteiger partial charge in [-0.15, -0.1) is 0 Å². The van der Waals surface area contributed by atoms with Crippen molar-refractivity contribution in [1.82, 2.24) is 0 Å². The van der Waals surface area contributed by atoms with Crippen LogP contribution in [-0.2, 0) is 0 Å². The summed E-state index contributed by atoms with van der Waals surface area (Å²) >= 11 is 0. The molecule has 0 spiro atoms. The second-order valence-electron chi connectivity index (χ2n) is 4.34. The van der Waals surface area contributed by atoms with Crippen molar-refractivity contribution in [1.29, 1.82) is 0 Å². The predicted molar refractivity (Wildman–Crippen MR) is 55.2 cm³/mol. The van der Waals surface area contributed by atoms with Crippen molar-refractivity contribution in [3.63, 3.8) is 0 Å². The molecular weight excluding hydrogens is 180 g/mol. The summed E-state index contributed by atoms with van der Waals surface area (Å²) in [4.78, 5) is 0. The molecule has 0 saturated heterocycles. The lowest BCUT2D eigenvalue weighted by Gasteiger charge is -2.30. The van der Waals surface area contributed by atoms with Crippen LogP contribution in [0.15, 0.2) is 10.3 Å². The summed E-state index contributed by atoms with van der Waals surface area (Å²) in [5.41, 5.74) is 1.65. The third-order valence-electron chi connectivity index (χ3n) is 3.00. The van der Waals surface area contributed by atoms with Crippen LogP contribution in [0.3, 0.4) is 0 Å². The van der Waals surface area contributed by atoms with E-state index in [1.165, 1.54) is 0 Å². The smallest absolute Gasteiger partial charge is 0.0614 e. The van der Waals surface area contributed by atoms with Crippen LogP contribution in [0.25, 0.3) is 0 Å². The molecule has 14 heavy (non-hydrogen) atoms. The molecule has 1 saturated carbocycles. The molecule has 0 aromatic carbocycles. The molecule has 1 aliphatic rings. The number of rotatable bonds is 1. The summed E-state index contributed by atoms with van der Waals surface area (Å²) in [6.45, 7) is 6.15. The van der Waals surface area contributed by atoms with E-state index < -0.39 is 0 Å². The summed E-state index contributed by atoms with van der Waals surface area (Å²) in [5.74, 6) is 0.799. The minimum absolute atomic E-state index is 0.181. The van der Waals surface area contributed by atoms with E-state index in [9.17, 15) is 0 Å². The minimum atomic E-state index is 0.181. The van der Waals surface area contributed by atoms with Gasteiger partial charge in [0.1, 0.15) is 0 Å². The van der Waals surface area contributed by atoms with E-state index in [4.69, 9.17) is 10.4 Å². The van der Waals surface area contributed by atoms with Gasteiger partial charge in [0, 0.05) is 11.8 Å². The van der Waals surface area contributed by atoms with Crippen molar-refractivity contribution in [3.05, 3.63) is 0 Å². The Morgan fingerprint density at radius 1 is 1.14 bits per heavy atom. The van der Waals surface area contributed by atoms with Gasteiger partial charge in [-0.05, 0) is 18.8 Å². The van der Waals surface area contributed by atoms with Crippen LogP contribution in [0.4, 0.5) is 0 Å². The lowest BCUT2D eigenvalue weighted by atomic mass is 9.75. The van der Waals surface area contributed by atoms with Crippen LogP contribution in [0, 0.1) is 17.8 Å². The molecule has 0 aromatic heterocycles. The Bertz CT molecular complexity index is 259. The highest BCUT2D eigenvalue weighted by Crippen LogP contribution is 2.29. The zero-order chi connectivity index (χ0) is 10.7. The quantitative estimate of drug-likeness (QED) is 0.501. The summed E-state index contributed by atoms with van der Waals surface area (Å²) in [7, 11) is 0. The lowest BCUT2D eigenvalue weighted by molar-refractivity contribution is 0.298. The van der Waals surface area contributed by atoms with Gasteiger partial charge in [0.05, 0.1) is 11.4 Å². The first-order chi connectivity index (χ1) is 6.60. The summed E-state index contributed by atoms with van der Waals surface area (Å²) in [6, 6.07) is 0. The molecule has 0 unspecified atom stereocenters. The Hall–Kier alpha value is -1.06. The van der Waals surface area contributed by atoms with Crippen molar-refractivity contribution in [2.75, 3.05) is 0 Å². The van der Waals surface area contributed by atoms with E-state index in [-0.39, 0.29) is 11.8 Å². The summed E-state index contributed by atoms with van der Waals surface area (Å²) in [6.07, 6.45) is 1.40. The molecule has 1 fully saturated rings. The van der Waals surface area contributed by atoms with Crippen LogP contribution in [0.1, 0.15) is 33.6 Å². The van der Waals surface area contributed by atoms with E-state index in [2.05, 4.69) is 24.2 Å². The van der Waals surface area contributed by atoms with Gasteiger partial charge in [0.15, 0.2) is 0 Å². The Morgan fingerprint density at radius 3 is 2.14 bits per heavy atom. The van der Waals surface area contributed by atoms with Crippen LogP contribution < -0.4 is 0 Å². The van der Waals surface area contributed by atoms with Crippen molar-refractivity contribution < 1.29 is 10.4 Å². The zero-order valence-corrected chi connectivity index (χ0v) is 8.94. The molecule has 2 N–H and O–H groups in total. The van der Waals surface area contributed by atoms with Gasteiger partial charge in [0.2, 0.25) is 0 Å². The van der Waals surface area contributed by atoms with Gasteiger partial charge in [-0.1, -0.05) is 31.1 Å². The average molecular weight is 198 g/mol. The standard InChI is InChI=1S/C10H18N2O2/c1-6(2)8-5-9(11-13)7(3)4-10(8)12-14/h6-8,13-14H,4-5H2,1-3H3/b11-9-,12-10-/t7-,8-/m0/s1. The Kier molecular flexibility index (Phi) is 3.49. The van der Waals surface area contributed by atoms with Crippen LogP contribution in [0.2, 0.25) is 0 Å². The average Bonchev–Trinajstić information content (AvgIpc) is 2.16. The fourth-order valence-electron chi connectivity index (χ4n) is 2.00. The van der Waals surface area contributed by atoms with Crippen molar-refractivity contribution in [3.8, 4) is 0 Å². The monoisotopic (exact) mass is 198 g/mol. The largest absolute Gasteiger partial charge is 0.411 e. The fourth-order valence-corrected chi connectivity index (χ4v) is 2.00. The highest BCUT2D eigenvalue weighted by Gasteiger charge is 2.31. The molecule has 0 heterocycles. The first-order valence-electron chi connectivity index (χ1n) is 5.01. The van der Waals surface area contributed by atoms with Gasteiger partial charge < -0.3 is 10.4 Å². The Morgan fingerprint density at radius 2 is 1.71 bits per heavy atom. The molecular formula is C10H18N2O2. The van der Waals surface area contributed by atoms with Crippen molar-refractivity contribution >= 4 is 11.4 Å². The van der Waals surface area contributed by atoms with Gasteiger partial charge in [-0.25, -0.2) is 0 Å². The van der Waals surface area contributed by atoms with Crippen LogP contribution in [-0.4, -0.2) is 21.8 Å². The Labute approximate surface area is 84.3 Å². The highest BCUT2D eigenvalue weighted by atomic mass is 16.4. The summed E-state index contributed by atoms with van der Waals surface area (Å²) < 4.78 is 0. The number of hydrogen-bond donors (Lipinski definition) is 2. The van der Waals surface area contributed by atoms with Crippen LogP contribution in [0.5, 0.6) is 0 Å². The Balaban J connectivity index is 2.85. The molecule has 0 aromatic rings.